The van der Waals surface area contributed by atoms with E-state index < -0.39 is 11.6 Å². The molecule has 33 heavy (non-hydrogen) atoms. The van der Waals surface area contributed by atoms with Gasteiger partial charge in [0.05, 0.1) is 20.1 Å². The fourth-order valence-corrected chi connectivity index (χ4v) is 5.45. The quantitative estimate of drug-likeness (QED) is 0.466. The first-order valence-corrected chi connectivity index (χ1v) is 11.7. The molecular weight excluding hydrogens is 414 g/mol. The number of benzene rings is 2. The lowest BCUT2D eigenvalue weighted by Crippen LogP contribution is -2.55. The van der Waals surface area contributed by atoms with Gasteiger partial charge in [-0.1, -0.05) is 48.5 Å². The zero-order valence-electron chi connectivity index (χ0n) is 19.0. The number of rotatable bonds is 6. The van der Waals surface area contributed by atoms with Crippen LogP contribution in [0.5, 0.6) is 0 Å². The number of likely N-dealkylation sites (tertiary alicyclic amines) is 1. The highest BCUT2D eigenvalue weighted by Crippen LogP contribution is 2.48. The van der Waals surface area contributed by atoms with Gasteiger partial charge in [0.25, 0.3) is 0 Å². The molecule has 5 rings (SSSR count). The topological polar surface area (TPSA) is 72.3 Å². The van der Waals surface area contributed by atoms with Gasteiger partial charge in [0.1, 0.15) is 12.9 Å². The van der Waals surface area contributed by atoms with E-state index in [4.69, 9.17) is 4.74 Å². The molecule has 0 amide bonds. The summed E-state index contributed by atoms with van der Waals surface area (Å²) in [6.45, 7) is 2.82. The number of piperidine rings is 1. The molecule has 0 bridgehead atoms. The van der Waals surface area contributed by atoms with E-state index in [0.717, 1.165) is 66.6 Å². The van der Waals surface area contributed by atoms with Gasteiger partial charge in [0, 0.05) is 35.9 Å². The van der Waals surface area contributed by atoms with E-state index in [1.807, 2.05) is 54.6 Å². The second-order valence-electron chi connectivity index (χ2n) is 9.52. The SMILES string of the molecule is C[N@@+]1(CCCc2ccncn2)CCCC(OC(=O)C2(O)c3ccccc3-c3ccccc32)C1. The zero-order valence-corrected chi connectivity index (χ0v) is 19.0. The normalized spacial score (nSPS) is 22.9. The Morgan fingerprint density at radius 2 is 1.82 bits per heavy atom. The van der Waals surface area contributed by atoms with Gasteiger partial charge >= 0.3 is 5.97 Å². The predicted molar refractivity (Wildman–Crippen MR) is 125 cm³/mol. The predicted octanol–water partition coefficient (Wildman–Crippen LogP) is 3.48. The fraction of sp³-hybridized carbons (Fsp3) is 0.370. The lowest BCUT2D eigenvalue weighted by atomic mass is 9.91. The summed E-state index contributed by atoms with van der Waals surface area (Å²) in [5.41, 5.74) is 2.28. The van der Waals surface area contributed by atoms with E-state index >= 15 is 0 Å². The molecule has 0 saturated carbocycles. The number of hydrogen-bond acceptors (Lipinski definition) is 5. The van der Waals surface area contributed by atoms with Crippen LogP contribution < -0.4 is 0 Å². The van der Waals surface area contributed by atoms with Crippen molar-refractivity contribution < 1.29 is 19.1 Å². The summed E-state index contributed by atoms with van der Waals surface area (Å²) in [6.07, 6.45) is 6.90. The number of carbonyl (C=O) groups excluding carboxylic acids is 1. The van der Waals surface area contributed by atoms with Crippen LogP contribution in [0.25, 0.3) is 11.1 Å². The Labute approximate surface area is 194 Å². The van der Waals surface area contributed by atoms with Crippen LogP contribution in [-0.4, -0.2) is 58.3 Å². The zero-order chi connectivity index (χ0) is 22.9. The first kappa shape index (κ1) is 21.7. The highest BCUT2D eigenvalue weighted by molar-refractivity contribution is 5.96. The summed E-state index contributed by atoms with van der Waals surface area (Å²) in [7, 11) is 2.23. The Balaban J connectivity index is 1.29. The van der Waals surface area contributed by atoms with Crippen LogP contribution in [0.3, 0.4) is 0 Å². The maximum atomic E-state index is 13.5. The molecule has 1 unspecified atom stereocenters. The van der Waals surface area contributed by atoms with Gasteiger partial charge in [-0.05, 0) is 30.0 Å². The summed E-state index contributed by atoms with van der Waals surface area (Å²) in [5.74, 6) is -0.570. The van der Waals surface area contributed by atoms with Gasteiger partial charge in [-0.15, -0.1) is 0 Å². The third kappa shape index (κ3) is 4.05. The van der Waals surface area contributed by atoms with Crippen molar-refractivity contribution in [1.82, 2.24) is 9.97 Å². The minimum atomic E-state index is -1.76. The van der Waals surface area contributed by atoms with Crippen LogP contribution in [0.2, 0.25) is 0 Å². The molecular formula is C27H30N3O3+. The van der Waals surface area contributed by atoms with Crippen LogP contribution in [0.15, 0.2) is 67.1 Å². The molecule has 3 aromatic rings. The monoisotopic (exact) mass is 444 g/mol. The number of nitrogens with zero attached hydrogens (tertiary/aromatic N) is 3. The standard InChI is InChI=1S/C27H30N3O3/c1-30(16-6-8-20-14-15-28-19-29-20)17-7-9-21(18-30)33-26(31)27(32)24-12-4-2-10-22(24)23-11-3-5-13-25(23)27/h2-5,10-15,19,21,32H,6-9,16-18H2,1H3/q+1/t21?,30-/m1/s1. The smallest absolute Gasteiger partial charge is 0.348 e. The van der Waals surface area contributed by atoms with Gasteiger partial charge < -0.3 is 14.3 Å². The van der Waals surface area contributed by atoms with Crippen molar-refractivity contribution in [3.8, 4) is 11.1 Å². The number of esters is 1. The number of quaternary nitrogens is 1. The molecule has 1 N–H and O–H groups in total. The number of hydrogen-bond donors (Lipinski definition) is 1. The minimum absolute atomic E-state index is 0.209. The Hall–Kier alpha value is -3.09. The highest BCUT2D eigenvalue weighted by Gasteiger charge is 2.50. The fourth-order valence-electron chi connectivity index (χ4n) is 5.45. The van der Waals surface area contributed by atoms with Gasteiger partial charge in [0.2, 0.25) is 5.60 Å². The van der Waals surface area contributed by atoms with Gasteiger partial charge in [-0.3, -0.25) is 0 Å². The molecule has 1 saturated heterocycles. The number of aliphatic hydroxyl groups is 1. The van der Waals surface area contributed by atoms with Crippen molar-refractivity contribution in [1.29, 1.82) is 0 Å². The summed E-state index contributed by atoms with van der Waals surface area (Å²) >= 11 is 0. The molecule has 170 valence electrons. The molecule has 2 aliphatic rings. The maximum absolute atomic E-state index is 13.5. The average Bonchev–Trinajstić information content (AvgIpc) is 3.10. The molecule has 1 aliphatic carbocycles. The van der Waals surface area contributed by atoms with Crippen molar-refractivity contribution in [2.75, 3.05) is 26.7 Å². The summed E-state index contributed by atoms with van der Waals surface area (Å²) < 4.78 is 6.88. The second kappa shape index (κ2) is 8.69. The van der Waals surface area contributed by atoms with Crippen molar-refractivity contribution in [3.05, 3.63) is 83.9 Å². The molecule has 1 aromatic heterocycles. The third-order valence-electron chi connectivity index (χ3n) is 7.14. The lowest BCUT2D eigenvalue weighted by Gasteiger charge is -2.41. The Kier molecular flexibility index (Phi) is 5.72. The number of fused-ring (bicyclic) bond motifs is 3. The summed E-state index contributed by atoms with van der Waals surface area (Å²) in [6, 6.07) is 17.1. The van der Waals surface area contributed by atoms with E-state index in [0.29, 0.717) is 11.1 Å². The van der Waals surface area contributed by atoms with Gasteiger partial charge in [0.15, 0.2) is 6.10 Å². The van der Waals surface area contributed by atoms with E-state index in [1.165, 1.54) is 0 Å². The van der Waals surface area contributed by atoms with Crippen LogP contribution in [0.4, 0.5) is 0 Å². The highest BCUT2D eigenvalue weighted by atomic mass is 16.6. The first-order valence-electron chi connectivity index (χ1n) is 11.7. The second-order valence-corrected chi connectivity index (χ2v) is 9.52. The molecule has 1 aliphatic heterocycles. The molecule has 2 aromatic carbocycles. The average molecular weight is 445 g/mol. The van der Waals surface area contributed by atoms with Crippen molar-refractivity contribution >= 4 is 5.97 Å². The number of aryl methyl sites for hydroxylation is 1. The maximum Gasteiger partial charge on any atom is 0.348 e. The van der Waals surface area contributed by atoms with Gasteiger partial charge in [-0.2, -0.15) is 0 Å². The number of likely N-dealkylation sites (N-methyl/N-ethyl adjacent to an activating group) is 1. The molecule has 0 spiro atoms. The number of carbonyl (C=O) groups is 1. The van der Waals surface area contributed by atoms with E-state index in [2.05, 4.69) is 17.0 Å². The first-order chi connectivity index (χ1) is 16.0. The third-order valence-corrected chi connectivity index (χ3v) is 7.14. The van der Waals surface area contributed by atoms with Crippen LogP contribution >= 0.6 is 0 Å². The van der Waals surface area contributed by atoms with E-state index in [9.17, 15) is 9.90 Å². The lowest BCUT2D eigenvalue weighted by molar-refractivity contribution is -0.917. The molecule has 2 atom stereocenters. The molecule has 6 heteroatoms. The number of ether oxygens (including phenoxy) is 1. The van der Waals surface area contributed by atoms with Crippen LogP contribution in [-0.2, 0) is 21.6 Å². The molecule has 1 fully saturated rings. The molecule has 6 nitrogen and oxygen atoms in total. The molecule has 2 heterocycles. The van der Waals surface area contributed by atoms with E-state index in [-0.39, 0.29) is 6.10 Å². The summed E-state index contributed by atoms with van der Waals surface area (Å²) in [5, 5.41) is 11.7. The number of aromatic nitrogens is 2. The van der Waals surface area contributed by atoms with Gasteiger partial charge in [-0.25, -0.2) is 14.8 Å². The van der Waals surface area contributed by atoms with Crippen LogP contribution in [0, 0.1) is 0 Å². The Morgan fingerprint density at radius 1 is 1.12 bits per heavy atom. The van der Waals surface area contributed by atoms with Crippen molar-refractivity contribution in [2.24, 2.45) is 0 Å². The van der Waals surface area contributed by atoms with Crippen molar-refractivity contribution in [3.63, 3.8) is 0 Å². The van der Waals surface area contributed by atoms with E-state index in [1.54, 1.807) is 12.5 Å². The minimum Gasteiger partial charge on any atom is -0.454 e. The molecule has 0 radical (unpaired) electrons. The Bertz CT molecular complexity index is 1100. The summed E-state index contributed by atoms with van der Waals surface area (Å²) in [4.78, 5) is 21.8. The Morgan fingerprint density at radius 3 is 2.48 bits per heavy atom. The largest absolute Gasteiger partial charge is 0.454 e. The van der Waals surface area contributed by atoms with Crippen molar-refractivity contribution in [2.45, 2.75) is 37.4 Å². The van der Waals surface area contributed by atoms with Crippen LogP contribution in [0.1, 0.15) is 36.1 Å².